The summed E-state index contributed by atoms with van der Waals surface area (Å²) in [4.78, 5) is 14.7. The van der Waals surface area contributed by atoms with Gasteiger partial charge < -0.3 is 10.1 Å². The monoisotopic (exact) mass is 423 g/mol. The molecule has 1 N–H and O–H groups in total. The summed E-state index contributed by atoms with van der Waals surface area (Å²) in [5.41, 5.74) is 1.87. The molecule has 7 nitrogen and oxygen atoms in total. The fourth-order valence-corrected chi connectivity index (χ4v) is 4.82. The Hall–Kier alpha value is -1.64. The number of sulfonamides is 1. The molecule has 2 heterocycles. The largest absolute Gasteiger partial charge is 0.492 e. The molecule has 1 saturated heterocycles. The average molecular weight is 424 g/mol. The highest BCUT2D eigenvalue weighted by atomic mass is 32.2. The maximum Gasteiger partial charge on any atom is 0.220 e. The molecule has 8 heteroatoms. The van der Waals surface area contributed by atoms with E-state index in [1.807, 2.05) is 18.2 Å². The summed E-state index contributed by atoms with van der Waals surface area (Å²) in [5.74, 6) is 0.777. The van der Waals surface area contributed by atoms with Crippen LogP contribution in [0.25, 0.3) is 0 Å². The molecule has 0 saturated carbocycles. The Morgan fingerprint density at radius 3 is 2.86 bits per heavy atom. The molecule has 1 aromatic carbocycles. The molecule has 2 aliphatic rings. The third kappa shape index (κ3) is 6.42. The minimum absolute atomic E-state index is 0.0543. The highest BCUT2D eigenvalue weighted by Crippen LogP contribution is 2.26. The van der Waals surface area contributed by atoms with E-state index in [1.54, 1.807) is 0 Å². The predicted octanol–water partition coefficient (Wildman–Crippen LogP) is 1.76. The fourth-order valence-electron chi connectivity index (χ4n) is 4.04. The van der Waals surface area contributed by atoms with Gasteiger partial charge in [0.15, 0.2) is 0 Å². The molecule has 0 aliphatic carbocycles. The number of ether oxygens (including phenoxy) is 1. The summed E-state index contributed by atoms with van der Waals surface area (Å²) in [5, 5.41) is 3.03. The molecule has 0 spiro atoms. The number of hydrogen-bond donors (Lipinski definition) is 1. The highest BCUT2D eigenvalue weighted by Gasteiger charge is 2.22. The lowest BCUT2D eigenvalue weighted by atomic mass is 10.0. The number of nitrogens with one attached hydrogen (secondary N) is 1. The number of likely N-dealkylation sites (tertiary alicyclic amines) is 1. The molecule has 3 rings (SSSR count). The zero-order valence-corrected chi connectivity index (χ0v) is 18.3. The minimum atomic E-state index is -3.27. The van der Waals surface area contributed by atoms with Crippen molar-refractivity contribution in [2.75, 3.05) is 39.0 Å². The molecule has 1 aromatic rings. The molecule has 0 bridgehead atoms. The molecule has 1 fully saturated rings. The topological polar surface area (TPSA) is 79.0 Å². The summed E-state index contributed by atoms with van der Waals surface area (Å²) in [6.45, 7) is 5.97. The second-order valence-corrected chi connectivity index (χ2v) is 10.1. The van der Waals surface area contributed by atoms with E-state index in [4.69, 9.17) is 4.74 Å². The number of amides is 1. The van der Waals surface area contributed by atoms with Crippen LogP contribution in [-0.4, -0.2) is 68.6 Å². The Balaban J connectivity index is 1.48. The predicted molar refractivity (Wildman–Crippen MR) is 113 cm³/mol. The lowest BCUT2D eigenvalue weighted by Crippen LogP contribution is -2.42. The van der Waals surface area contributed by atoms with Crippen LogP contribution in [0.2, 0.25) is 0 Å². The molecular formula is C21H33N3O4S. The normalized spacial score (nSPS) is 21.1. The van der Waals surface area contributed by atoms with Crippen LogP contribution in [0, 0.1) is 0 Å². The van der Waals surface area contributed by atoms with Gasteiger partial charge in [0.2, 0.25) is 15.9 Å². The zero-order valence-electron chi connectivity index (χ0n) is 17.5. The van der Waals surface area contributed by atoms with Crippen LogP contribution in [0.3, 0.4) is 0 Å². The van der Waals surface area contributed by atoms with E-state index in [1.165, 1.54) is 29.8 Å². The van der Waals surface area contributed by atoms with Crippen molar-refractivity contribution in [3.8, 4) is 5.75 Å². The first-order chi connectivity index (χ1) is 13.8. The second-order valence-electron chi connectivity index (χ2n) is 8.12. The summed E-state index contributed by atoms with van der Waals surface area (Å²) < 4.78 is 30.9. The van der Waals surface area contributed by atoms with Gasteiger partial charge in [0.25, 0.3) is 0 Å². The van der Waals surface area contributed by atoms with Gasteiger partial charge in [-0.3, -0.25) is 9.69 Å². The minimum Gasteiger partial charge on any atom is -0.492 e. The quantitative estimate of drug-likeness (QED) is 0.723. The van der Waals surface area contributed by atoms with Crippen LogP contribution in [0.1, 0.15) is 43.7 Å². The van der Waals surface area contributed by atoms with Crippen molar-refractivity contribution in [2.24, 2.45) is 0 Å². The average Bonchev–Trinajstić information content (AvgIpc) is 2.90. The van der Waals surface area contributed by atoms with E-state index in [-0.39, 0.29) is 5.91 Å². The van der Waals surface area contributed by atoms with Gasteiger partial charge in [-0.05, 0) is 44.4 Å². The molecular weight excluding hydrogens is 390 g/mol. The Morgan fingerprint density at radius 1 is 1.28 bits per heavy atom. The Labute approximate surface area is 174 Å². The summed E-state index contributed by atoms with van der Waals surface area (Å²) in [7, 11) is -3.27. The van der Waals surface area contributed by atoms with Gasteiger partial charge >= 0.3 is 0 Å². The van der Waals surface area contributed by atoms with Gasteiger partial charge in [-0.1, -0.05) is 18.6 Å². The van der Waals surface area contributed by atoms with Gasteiger partial charge in [-0.25, -0.2) is 8.42 Å². The van der Waals surface area contributed by atoms with Crippen molar-refractivity contribution in [2.45, 2.75) is 51.6 Å². The van der Waals surface area contributed by atoms with E-state index in [0.717, 1.165) is 30.0 Å². The SMILES string of the molecule is CC1CCCCN1CCNC(=O)CCc1ccc2c(c1)CN(S(C)(=O)=O)CCO2. The van der Waals surface area contributed by atoms with E-state index >= 15 is 0 Å². The van der Waals surface area contributed by atoms with Crippen LogP contribution in [0.4, 0.5) is 0 Å². The van der Waals surface area contributed by atoms with Crippen molar-refractivity contribution in [1.29, 1.82) is 0 Å². The number of fused-ring (bicyclic) bond motifs is 1. The third-order valence-corrected chi connectivity index (χ3v) is 7.09. The molecule has 1 unspecified atom stereocenters. The number of benzene rings is 1. The van der Waals surface area contributed by atoms with E-state index in [2.05, 4.69) is 17.1 Å². The number of aryl methyl sites for hydroxylation is 1. The van der Waals surface area contributed by atoms with E-state index in [9.17, 15) is 13.2 Å². The molecule has 162 valence electrons. The second kappa shape index (κ2) is 9.91. The van der Waals surface area contributed by atoms with Crippen molar-refractivity contribution < 1.29 is 17.9 Å². The molecule has 2 aliphatic heterocycles. The lowest BCUT2D eigenvalue weighted by Gasteiger charge is -2.33. The van der Waals surface area contributed by atoms with E-state index < -0.39 is 10.0 Å². The molecule has 29 heavy (non-hydrogen) atoms. The molecule has 0 radical (unpaired) electrons. The number of hydrogen-bond acceptors (Lipinski definition) is 5. The lowest BCUT2D eigenvalue weighted by molar-refractivity contribution is -0.121. The van der Waals surface area contributed by atoms with Crippen molar-refractivity contribution in [1.82, 2.24) is 14.5 Å². The highest BCUT2D eigenvalue weighted by molar-refractivity contribution is 7.88. The van der Waals surface area contributed by atoms with Crippen LogP contribution in [-0.2, 0) is 27.8 Å². The zero-order chi connectivity index (χ0) is 20.9. The Kier molecular flexibility index (Phi) is 7.54. The van der Waals surface area contributed by atoms with Crippen molar-refractivity contribution >= 4 is 15.9 Å². The van der Waals surface area contributed by atoms with Gasteiger partial charge in [0, 0.05) is 44.2 Å². The standard InChI is InChI=1S/C21H33N3O4S/c1-17-5-3-4-11-23(17)12-10-22-21(25)9-7-18-6-8-20-19(15-18)16-24(13-14-28-20)29(2,26)27/h6,8,15,17H,3-5,7,9-14,16H2,1-2H3,(H,22,25). The van der Waals surface area contributed by atoms with Crippen LogP contribution in [0.15, 0.2) is 18.2 Å². The molecule has 1 atom stereocenters. The first kappa shape index (κ1) is 22.1. The Bertz CT molecular complexity index is 812. The Morgan fingerprint density at radius 2 is 2.10 bits per heavy atom. The fraction of sp³-hybridized carbons (Fsp3) is 0.667. The number of carbonyl (C=O) groups is 1. The van der Waals surface area contributed by atoms with Crippen LogP contribution < -0.4 is 10.1 Å². The van der Waals surface area contributed by atoms with Crippen LogP contribution in [0.5, 0.6) is 5.75 Å². The number of nitrogens with zero attached hydrogens (tertiary/aromatic N) is 2. The van der Waals surface area contributed by atoms with Crippen molar-refractivity contribution in [3.63, 3.8) is 0 Å². The molecule has 1 amide bonds. The summed E-state index contributed by atoms with van der Waals surface area (Å²) >= 11 is 0. The van der Waals surface area contributed by atoms with Gasteiger partial charge in [0.1, 0.15) is 12.4 Å². The maximum absolute atomic E-state index is 12.2. The van der Waals surface area contributed by atoms with Gasteiger partial charge in [-0.15, -0.1) is 0 Å². The summed E-state index contributed by atoms with van der Waals surface area (Å²) in [6.07, 6.45) is 6.06. The number of piperidine rings is 1. The van der Waals surface area contributed by atoms with Crippen LogP contribution >= 0.6 is 0 Å². The van der Waals surface area contributed by atoms with Gasteiger partial charge in [0.05, 0.1) is 6.26 Å². The van der Waals surface area contributed by atoms with Crippen molar-refractivity contribution in [3.05, 3.63) is 29.3 Å². The maximum atomic E-state index is 12.2. The first-order valence-electron chi connectivity index (χ1n) is 10.5. The smallest absolute Gasteiger partial charge is 0.220 e. The number of carbonyl (C=O) groups excluding carboxylic acids is 1. The van der Waals surface area contributed by atoms with E-state index in [0.29, 0.717) is 45.1 Å². The first-order valence-corrected chi connectivity index (χ1v) is 12.4. The number of rotatable bonds is 7. The summed E-state index contributed by atoms with van der Waals surface area (Å²) in [6, 6.07) is 6.40. The van der Waals surface area contributed by atoms with Gasteiger partial charge in [-0.2, -0.15) is 4.31 Å². The third-order valence-electron chi connectivity index (χ3n) is 5.84. The molecule has 0 aromatic heterocycles.